The fourth-order valence-corrected chi connectivity index (χ4v) is 2.17. The van der Waals surface area contributed by atoms with Gasteiger partial charge >= 0.3 is 0 Å². The predicted octanol–water partition coefficient (Wildman–Crippen LogP) is -0.258. The standard InChI is InChI=1S/C9H14O4/c10-6-9(2-1-3-13-9)7-4-12-5-8(7)11/h6-8,11H,1-5H2. The Morgan fingerprint density at radius 1 is 1.46 bits per heavy atom. The first kappa shape index (κ1) is 9.12. The molecule has 3 unspecified atom stereocenters. The van der Waals surface area contributed by atoms with Crippen LogP contribution in [0.4, 0.5) is 0 Å². The lowest BCUT2D eigenvalue weighted by Crippen LogP contribution is -2.44. The zero-order chi connectivity index (χ0) is 9.31. The van der Waals surface area contributed by atoms with Gasteiger partial charge in [-0.2, -0.15) is 0 Å². The van der Waals surface area contributed by atoms with Gasteiger partial charge in [-0.15, -0.1) is 0 Å². The Morgan fingerprint density at radius 3 is 2.77 bits per heavy atom. The van der Waals surface area contributed by atoms with Crippen LogP contribution in [-0.4, -0.2) is 42.9 Å². The summed E-state index contributed by atoms with van der Waals surface area (Å²) in [6.45, 7) is 1.37. The van der Waals surface area contributed by atoms with Crippen molar-refractivity contribution in [2.45, 2.75) is 24.5 Å². The Labute approximate surface area is 76.8 Å². The zero-order valence-corrected chi connectivity index (χ0v) is 7.44. The third-order valence-corrected chi connectivity index (χ3v) is 2.96. The van der Waals surface area contributed by atoms with Crippen LogP contribution in [-0.2, 0) is 14.3 Å². The Kier molecular flexibility index (Phi) is 2.36. The monoisotopic (exact) mass is 186 g/mol. The highest BCUT2D eigenvalue weighted by Gasteiger charge is 2.48. The maximum absolute atomic E-state index is 11.0. The van der Waals surface area contributed by atoms with Crippen LogP contribution in [0, 0.1) is 5.92 Å². The van der Waals surface area contributed by atoms with E-state index in [0.717, 1.165) is 12.7 Å². The summed E-state index contributed by atoms with van der Waals surface area (Å²) < 4.78 is 10.6. The lowest BCUT2D eigenvalue weighted by atomic mass is 9.84. The number of aliphatic hydroxyl groups excluding tert-OH is 1. The quantitative estimate of drug-likeness (QED) is 0.604. The van der Waals surface area contributed by atoms with E-state index >= 15 is 0 Å². The summed E-state index contributed by atoms with van der Waals surface area (Å²) in [5.41, 5.74) is -0.768. The third-order valence-electron chi connectivity index (χ3n) is 2.96. The molecule has 2 saturated heterocycles. The Morgan fingerprint density at radius 2 is 2.31 bits per heavy atom. The van der Waals surface area contributed by atoms with Crippen LogP contribution in [0.1, 0.15) is 12.8 Å². The summed E-state index contributed by atoms with van der Waals surface area (Å²) in [7, 11) is 0. The first-order valence-corrected chi connectivity index (χ1v) is 4.64. The van der Waals surface area contributed by atoms with Crippen molar-refractivity contribution in [2.75, 3.05) is 19.8 Å². The van der Waals surface area contributed by atoms with E-state index in [-0.39, 0.29) is 5.92 Å². The van der Waals surface area contributed by atoms with Gasteiger partial charge in [-0.3, -0.25) is 0 Å². The van der Waals surface area contributed by atoms with Gasteiger partial charge in [-0.25, -0.2) is 0 Å². The molecule has 1 N–H and O–H groups in total. The van der Waals surface area contributed by atoms with Crippen molar-refractivity contribution >= 4 is 6.29 Å². The van der Waals surface area contributed by atoms with Crippen molar-refractivity contribution in [2.24, 2.45) is 5.92 Å². The van der Waals surface area contributed by atoms with E-state index in [4.69, 9.17) is 9.47 Å². The number of aliphatic hydroxyl groups is 1. The number of hydrogen-bond donors (Lipinski definition) is 1. The molecule has 2 heterocycles. The van der Waals surface area contributed by atoms with E-state index in [9.17, 15) is 9.90 Å². The van der Waals surface area contributed by atoms with Crippen LogP contribution in [0.5, 0.6) is 0 Å². The summed E-state index contributed by atoms with van der Waals surface area (Å²) in [5.74, 6) is -0.174. The Balaban J connectivity index is 2.15. The van der Waals surface area contributed by atoms with Gasteiger partial charge in [0, 0.05) is 12.5 Å². The molecule has 2 aliphatic heterocycles. The van der Waals surface area contributed by atoms with Crippen LogP contribution >= 0.6 is 0 Å². The molecule has 2 fully saturated rings. The summed E-state index contributed by atoms with van der Waals surface area (Å²) in [6, 6.07) is 0. The molecule has 0 aromatic carbocycles. The minimum Gasteiger partial charge on any atom is -0.390 e. The highest BCUT2D eigenvalue weighted by molar-refractivity contribution is 5.64. The fourth-order valence-electron chi connectivity index (χ4n) is 2.17. The highest BCUT2D eigenvalue weighted by Crippen LogP contribution is 2.36. The number of ether oxygens (including phenoxy) is 2. The van der Waals surface area contributed by atoms with Gasteiger partial charge in [0.05, 0.1) is 19.3 Å². The van der Waals surface area contributed by atoms with E-state index in [0.29, 0.717) is 26.2 Å². The van der Waals surface area contributed by atoms with Crippen molar-refractivity contribution in [3.63, 3.8) is 0 Å². The molecule has 4 heteroatoms. The summed E-state index contributed by atoms with van der Waals surface area (Å²) in [4.78, 5) is 11.0. The van der Waals surface area contributed by atoms with E-state index < -0.39 is 11.7 Å². The number of carbonyl (C=O) groups excluding carboxylic acids is 1. The third kappa shape index (κ3) is 1.39. The van der Waals surface area contributed by atoms with Crippen LogP contribution in [0.25, 0.3) is 0 Å². The molecule has 74 valence electrons. The number of hydrogen-bond acceptors (Lipinski definition) is 4. The summed E-state index contributed by atoms with van der Waals surface area (Å²) in [6.07, 6.45) is 1.88. The predicted molar refractivity (Wildman–Crippen MR) is 44.3 cm³/mol. The molecule has 0 aromatic heterocycles. The maximum Gasteiger partial charge on any atom is 0.152 e. The lowest BCUT2D eigenvalue weighted by molar-refractivity contribution is -0.136. The van der Waals surface area contributed by atoms with Crippen molar-refractivity contribution in [3.8, 4) is 0 Å². The second-order valence-electron chi connectivity index (χ2n) is 3.74. The van der Waals surface area contributed by atoms with E-state index in [1.165, 1.54) is 0 Å². The van der Waals surface area contributed by atoms with Gasteiger partial charge in [0.1, 0.15) is 5.60 Å². The molecule has 0 aromatic rings. The number of rotatable bonds is 2. The van der Waals surface area contributed by atoms with E-state index in [2.05, 4.69) is 0 Å². The normalized spacial score (nSPS) is 45.3. The van der Waals surface area contributed by atoms with Crippen molar-refractivity contribution in [1.29, 1.82) is 0 Å². The minimum absolute atomic E-state index is 0.174. The van der Waals surface area contributed by atoms with E-state index in [1.54, 1.807) is 0 Å². The molecule has 0 aliphatic carbocycles. The Hall–Kier alpha value is -0.450. The Bertz CT molecular complexity index is 198. The second-order valence-corrected chi connectivity index (χ2v) is 3.74. The zero-order valence-electron chi connectivity index (χ0n) is 7.44. The first-order chi connectivity index (χ1) is 6.28. The van der Waals surface area contributed by atoms with Gasteiger partial charge in [0.25, 0.3) is 0 Å². The number of aldehydes is 1. The molecule has 2 rings (SSSR count). The fraction of sp³-hybridized carbons (Fsp3) is 0.889. The maximum atomic E-state index is 11.0. The van der Waals surface area contributed by atoms with Gasteiger partial charge in [0.2, 0.25) is 0 Å². The van der Waals surface area contributed by atoms with Crippen LogP contribution in [0.2, 0.25) is 0 Å². The molecule has 4 nitrogen and oxygen atoms in total. The number of carbonyl (C=O) groups is 1. The SMILES string of the molecule is O=CC1(C2COCC2O)CCCO1. The average molecular weight is 186 g/mol. The molecule has 0 radical (unpaired) electrons. The lowest BCUT2D eigenvalue weighted by Gasteiger charge is -2.29. The minimum atomic E-state index is -0.768. The first-order valence-electron chi connectivity index (χ1n) is 4.64. The smallest absolute Gasteiger partial charge is 0.152 e. The highest BCUT2D eigenvalue weighted by atomic mass is 16.5. The van der Waals surface area contributed by atoms with Crippen molar-refractivity contribution in [1.82, 2.24) is 0 Å². The topological polar surface area (TPSA) is 55.8 Å². The largest absolute Gasteiger partial charge is 0.390 e. The van der Waals surface area contributed by atoms with Gasteiger partial charge in [0.15, 0.2) is 6.29 Å². The van der Waals surface area contributed by atoms with E-state index in [1.807, 2.05) is 0 Å². The second kappa shape index (κ2) is 3.36. The molecule has 3 atom stereocenters. The summed E-state index contributed by atoms with van der Waals surface area (Å²) in [5, 5.41) is 9.58. The molecule has 0 amide bonds. The van der Waals surface area contributed by atoms with Gasteiger partial charge < -0.3 is 19.4 Å². The molecular weight excluding hydrogens is 172 g/mol. The molecule has 0 saturated carbocycles. The van der Waals surface area contributed by atoms with Crippen LogP contribution in [0.15, 0.2) is 0 Å². The van der Waals surface area contributed by atoms with Crippen LogP contribution < -0.4 is 0 Å². The van der Waals surface area contributed by atoms with Gasteiger partial charge in [-0.1, -0.05) is 0 Å². The summed E-state index contributed by atoms with van der Waals surface area (Å²) >= 11 is 0. The van der Waals surface area contributed by atoms with Gasteiger partial charge in [-0.05, 0) is 12.8 Å². The average Bonchev–Trinajstić information content (AvgIpc) is 2.73. The van der Waals surface area contributed by atoms with Crippen molar-refractivity contribution in [3.05, 3.63) is 0 Å². The molecule has 0 bridgehead atoms. The van der Waals surface area contributed by atoms with Crippen LogP contribution in [0.3, 0.4) is 0 Å². The van der Waals surface area contributed by atoms with Crippen molar-refractivity contribution < 1.29 is 19.4 Å². The molecule has 13 heavy (non-hydrogen) atoms. The molecular formula is C9H14O4. The molecule has 2 aliphatic rings. The molecule has 0 spiro atoms.